The Morgan fingerprint density at radius 2 is 1.81 bits per heavy atom. The predicted octanol–water partition coefficient (Wildman–Crippen LogP) is 2.31. The van der Waals surface area contributed by atoms with E-state index in [2.05, 4.69) is 4.90 Å². The monoisotopic (exact) mass is 359 g/mol. The Balaban J connectivity index is 1.65. The number of carbonyl (C=O) groups excluding carboxylic acids is 1. The van der Waals surface area contributed by atoms with Crippen molar-refractivity contribution in [3.8, 4) is 0 Å². The van der Waals surface area contributed by atoms with Gasteiger partial charge in [0.05, 0.1) is 0 Å². The highest BCUT2D eigenvalue weighted by Gasteiger charge is 2.36. The second-order valence-electron chi connectivity index (χ2n) is 8.07. The SMILES string of the molecule is CN(C)c1cccc(C(=O)N2CC(CO)C(CN3CCCCCC3)C2)c1. The van der Waals surface area contributed by atoms with Crippen molar-refractivity contribution < 1.29 is 9.90 Å². The highest BCUT2D eigenvalue weighted by atomic mass is 16.3. The summed E-state index contributed by atoms with van der Waals surface area (Å²) in [6.07, 6.45) is 5.21. The molecule has 2 aliphatic rings. The highest BCUT2D eigenvalue weighted by molar-refractivity contribution is 5.95. The molecule has 5 heteroatoms. The molecule has 3 rings (SSSR count). The fourth-order valence-electron chi connectivity index (χ4n) is 4.27. The first kappa shape index (κ1) is 19.2. The van der Waals surface area contributed by atoms with Gasteiger partial charge in [0, 0.05) is 57.5 Å². The van der Waals surface area contributed by atoms with Gasteiger partial charge in [-0.1, -0.05) is 18.9 Å². The lowest BCUT2D eigenvalue weighted by molar-refractivity contribution is 0.0779. The van der Waals surface area contributed by atoms with E-state index in [1.54, 1.807) is 0 Å². The number of aliphatic hydroxyl groups is 1. The van der Waals surface area contributed by atoms with Crippen molar-refractivity contribution >= 4 is 11.6 Å². The van der Waals surface area contributed by atoms with E-state index in [-0.39, 0.29) is 18.4 Å². The van der Waals surface area contributed by atoms with Crippen molar-refractivity contribution in [1.82, 2.24) is 9.80 Å². The van der Waals surface area contributed by atoms with Gasteiger partial charge in [-0.15, -0.1) is 0 Å². The summed E-state index contributed by atoms with van der Waals surface area (Å²) < 4.78 is 0. The molecule has 2 unspecified atom stereocenters. The van der Waals surface area contributed by atoms with Gasteiger partial charge in [-0.2, -0.15) is 0 Å². The minimum atomic E-state index is 0.0884. The predicted molar refractivity (Wildman–Crippen MR) is 106 cm³/mol. The van der Waals surface area contributed by atoms with Crippen molar-refractivity contribution in [2.45, 2.75) is 25.7 Å². The fraction of sp³-hybridized carbons (Fsp3) is 0.667. The van der Waals surface area contributed by atoms with Gasteiger partial charge in [0.2, 0.25) is 0 Å². The third kappa shape index (κ3) is 4.57. The largest absolute Gasteiger partial charge is 0.396 e. The fourth-order valence-corrected chi connectivity index (χ4v) is 4.27. The number of amides is 1. The minimum absolute atomic E-state index is 0.0884. The third-order valence-electron chi connectivity index (χ3n) is 5.90. The van der Waals surface area contributed by atoms with Crippen LogP contribution in [0.5, 0.6) is 0 Å². The van der Waals surface area contributed by atoms with Crippen molar-refractivity contribution in [1.29, 1.82) is 0 Å². The molecule has 1 aromatic rings. The summed E-state index contributed by atoms with van der Waals surface area (Å²) in [7, 11) is 3.97. The Bertz CT molecular complexity index is 597. The second-order valence-corrected chi connectivity index (χ2v) is 8.07. The number of aliphatic hydroxyl groups excluding tert-OH is 1. The van der Waals surface area contributed by atoms with Gasteiger partial charge in [0.1, 0.15) is 0 Å². The molecule has 2 heterocycles. The summed E-state index contributed by atoms with van der Waals surface area (Å²) in [5.74, 6) is 0.656. The molecule has 0 bridgehead atoms. The van der Waals surface area contributed by atoms with Crippen molar-refractivity contribution in [2.24, 2.45) is 11.8 Å². The van der Waals surface area contributed by atoms with Gasteiger partial charge in [0.15, 0.2) is 0 Å². The summed E-state index contributed by atoms with van der Waals surface area (Å²) in [5, 5.41) is 9.85. The van der Waals surface area contributed by atoms with E-state index in [9.17, 15) is 9.90 Å². The number of anilines is 1. The molecule has 2 saturated heterocycles. The van der Waals surface area contributed by atoms with Gasteiger partial charge < -0.3 is 19.8 Å². The summed E-state index contributed by atoms with van der Waals surface area (Å²) in [6.45, 7) is 4.92. The first-order chi connectivity index (χ1) is 12.6. The van der Waals surface area contributed by atoms with Crippen LogP contribution < -0.4 is 4.90 Å². The average Bonchev–Trinajstić information content (AvgIpc) is 2.87. The molecule has 0 aromatic heterocycles. The van der Waals surface area contributed by atoms with Crippen LogP contribution in [0.4, 0.5) is 5.69 Å². The van der Waals surface area contributed by atoms with Crippen LogP contribution in [0.3, 0.4) is 0 Å². The Morgan fingerprint density at radius 1 is 1.12 bits per heavy atom. The number of hydrogen-bond acceptors (Lipinski definition) is 4. The van der Waals surface area contributed by atoms with Crippen LogP contribution in [0.1, 0.15) is 36.0 Å². The number of benzene rings is 1. The standard InChI is InChI=1S/C21H33N3O2/c1-22(2)20-9-7-8-17(12-20)21(26)24-14-18(19(15-24)16-25)13-23-10-5-3-4-6-11-23/h7-9,12,18-19,25H,3-6,10-11,13-16H2,1-2H3. The van der Waals surface area contributed by atoms with Crippen molar-refractivity contribution in [3.05, 3.63) is 29.8 Å². The summed E-state index contributed by atoms with van der Waals surface area (Å²) in [6, 6.07) is 7.81. The Labute approximate surface area is 157 Å². The van der Waals surface area contributed by atoms with Gasteiger partial charge in [0.25, 0.3) is 5.91 Å². The van der Waals surface area contributed by atoms with Crippen LogP contribution in [-0.4, -0.2) is 74.2 Å². The topological polar surface area (TPSA) is 47.0 Å². The summed E-state index contributed by atoms with van der Waals surface area (Å²) >= 11 is 0. The van der Waals surface area contributed by atoms with Crippen LogP contribution in [0, 0.1) is 11.8 Å². The molecular formula is C21H33N3O2. The minimum Gasteiger partial charge on any atom is -0.396 e. The third-order valence-corrected chi connectivity index (χ3v) is 5.90. The summed E-state index contributed by atoms with van der Waals surface area (Å²) in [5.41, 5.74) is 1.78. The molecule has 0 spiro atoms. The number of carbonyl (C=O) groups is 1. The summed E-state index contributed by atoms with van der Waals surface area (Å²) in [4.78, 5) is 19.5. The molecule has 26 heavy (non-hydrogen) atoms. The number of hydrogen-bond donors (Lipinski definition) is 1. The molecule has 0 aliphatic carbocycles. The first-order valence-electron chi connectivity index (χ1n) is 9.98. The molecule has 1 aromatic carbocycles. The lowest BCUT2D eigenvalue weighted by atomic mass is 9.96. The maximum atomic E-state index is 13.0. The number of rotatable bonds is 5. The molecule has 144 valence electrons. The molecule has 2 fully saturated rings. The molecule has 5 nitrogen and oxygen atoms in total. The Hall–Kier alpha value is -1.59. The lowest BCUT2D eigenvalue weighted by Crippen LogP contribution is -2.35. The molecule has 2 atom stereocenters. The van der Waals surface area contributed by atoms with Gasteiger partial charge >= 0.3 is 0 Å². The maximum Gasteiger partial charge on any atom is 0.253 e. The van der Waals surface area contributed by atoms with Crippen LogP contribution in [0.2, 0.25) is 0 Å². The zero-order valence-corrected chi connectivity index (χ0v) is 16.2. The van der Waals surface area contributed by atoms with Gasteiger partial charge in [-0.25, -0.2) is 0 Å². The molecule has 0 saturated carbocycles. The highest BCUT2D eigenvalue weighted by Crippen LogP contribution is 2.27. The zero-order chi connectivity index (χ0) is 18.5. The number of nitrogens with zero attached hydrogens (tertiary/aromatic N) is 3. The second kappa shape index (κ2) is 8.87. The maximum absolute atomic E-state index is 13.0. The van der Waals surface area contributed by atoms with Crippen molar-refractivity contribution in [3.63, 3.8) is 0 Å². The van der Waals surface area contributed by atoms with E-state index in [1.807, 2.05) is 48.2 Å². The van der Waals surface area contributed by atoms with Gasteiger partial charge in [-0.3, -0.25) is 4.79 Å². The van der Waals surface area contributed by atoms with Crippen molar-refractivity contribution in [2.75, 3.05) is 58.3 Å². The van der Waals surface area contributed by atoms with E-state index in [0.29, 0.717) is 12.5 Å². The average molecular weight is 360 g/mol. The molecule has 0 radical (unpaired) electrons. The first-order valence-corrected chi connectivity index (χ1v) is 9.98. The molecule has 2 aliphatic heterocycles. The molecule has 1 amide bonds. The van der Waals surface area contributed by atoms with Crippen LogP contribution in [-0.2, 0) is 0 Å². The van der Waals surface area contributed by atoms with E-state index in [0.717, 1.165) is 37.4 Å². The van der Waals surface area contributed by atoms with E-state index in [4.69, 9.17) is 0 Å². The number of likely N-dealkylation sites (tertiary alicyclic amines) is 2. The van der Waals surface area contributed by atoms with Crippen LogP contribution in [0.15, 0.2) is 24.3 Å². The molecular weight excluding hydrogens is 326 g/mol. The lowest BCUT2D eigenvalue weighted by Gasteiger charge is -2.26. The van der Waals surface area contributed by atoms with Crippen LogP contribution in [0.25, 0.3) is 0 Å². The van der Waals surface area contributed by atoms with Crippen LogP contribution >= 0.6 is 0 Å². The van der Waals surface area contributed by atoms with E-state index in [1.165, 1.54) is 25.7 Å². The zero-order valence-electron chi connectivity index (χ0n) is 16.2. The smallest absolute Gasteiger partial charge is 0.253 e. The molecule has 1 N–H and O–H groups in total. The Kier molecular flexibility index (Phi) is 6.54. The van der Waals surface area contributed by atoms with E-state index >= 15 is 0 Å². The quantitative estimate of drug-likeness (QED) is 0.876. The van der Waals surface area contributed by atoms with Gasteiger partial charge in [-0.05, 0) is 50.0 Å². The van der Waals surface area contributed by atoms with E-state index < -0.39 is 0 Å². The normalized spacial score (nSPS) is 24.5. The Morgan fingerprint density at radius 3 is 2.46 bits per heavy atom.